The SMILES string of the molecule is Cc1ccc(S(=O)(=O)N2Cc3c(c(-c4ccc(Cl)cc4)c4c(cnc5ccccc54)c3-c3ccc(Cl)cc3)C2)cc1. The van der Waals surface area contributed by atoms with E-state index in [1.54, 1.807) is 16.4 Å². The maximum Gasteiger partial charge on any atom is 0.243 e. The van der Waals surface area contributed by atoms with E-state index >= 15 is 0 Å². The number of aryl methyl sites for hydroxylation is 1. The van der Waals surface area contributed by atoms with Crippen LogP contribution in [0, 0.1) is 6.92 Å². The molecule has 0 spiro atoms. The summed E-state index contributed by atoms with van der Waals surface area (Å²) in [5.41, 5.74) is 7.76. The maximum atomic E-state index is 14.0. The minimum absolute atomic E-state index is 0.243. The first-order valence-electron chi connectivity index (χ1n) is 13.2. The van der Waals surface area contributed by atoms with Crippen molar-refractivity contribution >= 4 is 54.9 Å². The molecule has 6 aromatic rings. The Morgan fingerprint density at radius 1 is 0.683 bits per heavy atom. The second-order valence-corrected chi connectivity index (χ2v) is 13.2. The lowest BCUT2D eigenvalue weighted by molar-refractivity contribution is 0.432. The molecular formula is C34H24Cl2N2O2S. The molecule has 1 aliphatic heterocycles. The molecule has 1 aliphatic rings. The third-order valence-corrected chi connectivity index (χ3v) is 10.2. The van der Waals surface area contributed by atoms with Crippen molar-refractivity contribution in [3.05, 3.63) is 130 Å². The van der Waals surface area contributed by atoms with E-state index in [1.165, 1.54) is 0 Å². The lowest BCUT2D eigenvalue weighted by atomic mass is 9.84. The fourth-order valence-electron chi connectivity index (χ4n) is 5.88. The third kappa shape index (κ3) is 4.41. The Labute approximate surface area is 248 Å². The van der Waals surface area contributed by atoms with Crippen LogP contribution in [0.4, 0.5) is 0 Å². The van der Waals surface area contributed by atoms with E-state index in [4.69, 9.17) is 28.2 Å². The molecule has 0 bridgehead atoms. The second-order valence-electron chi connectivity index (χ2n) is 10.4. The van der Waals surface area contributed by atoms with E-state index in [1.807, 2.05) is 92.0 Å². The van der Waals surface area contributed by atoms with Gasteiger partial charge in [-0.25, -0.2) is 8.42 Å². The van der Waals surface area contributed by atoms with Gasteiger partial charge in [0.05, 0.1) is 10.4 Å². The van der Waals surface area contributed by atoms with Crippen molar-refractivity contribution < 1.29 is 8.42 Å². The Hall–Kier alpha value is -3.74. The van der Waals surface area contributed by atoms with Crippen LogP contribution in [0.2, 0.25) is 10.0 Å². The molecule has 2 heterocycles. The fraction of sp³-hybridized carbons (Fsp3) is 0.0882. The van der Waals surface area contributed by atoms with Crippen molar-refractivity contribution in [1.82, 2.24) is 9.29 Å². The van der Waals surface area contributed by atoms with Gasteiger partial charge < -0.3 is 0 Å². The van der Waals surface area contributed by atoms with E-state index in [-0.39, 0.29) is 18.0 Å². The molecule has 202 valence electrons. The van der Waals surface area contributed by atoms with E-state index < -0.39 is 10.0 Å². The van der Waals surface area contributed by atoms with Gasteiger partial charge in [0.2, 0.25) is 10.0 Å². The van der Waals surface area contributed by atoms with E-state index in [0.29, 0.717) is 10.0 Å². The van der Waals surface area contributed by atoms with Crippen LogP contribution < -0.4 is 0 Å². The zero-order valence-corrected chi connectivity index (χ0v) is 24.4. The normalized spacial score (nSPS) is 13.6. The van der Waals surface area contributed by atoms with Crippen LogP contribution in [0.3, 0.4) is 0 Å². The van der Waals surface area contributed by atoms with Crippen LogP contribution in [0.1, 0.15) is 16.7 Å². The highest BCUT2D eigenvalue weighted by molar-refractivity contribution is 7.89. The monoisotopic (exact) mass is 594 g/mol. The number of hydrogen-bond acceptors (Lipinski definition) is 3. The van der Waals surface area contributed by atoms with Crippen molar-refractivity contribution in [2.75, 3.05) is 0 Å². The van der Waals surface area contributed by atoms with Gasteiger partial charge in [0.15, 0.2) is 0 Å². The summed E-state index contributed by atoms with van der Waals surface area (Å²) in [6.45, 7) is 2.44. The highest BCUT2D eigenvalue weighted by Crippen LogP contribution is 2.48. The predicted molar refractivity (Wildman–Crippen MR) is 168 cm³/mol. The first-order chi connectivity index (χ1) is 19.8. The predicted octanol–water partition coefficient (Wildman–Crippen LogP) is 9.04. The number of sulfonamides is 1. The van der Waals surface area contributed by atoms with Crippen LogP contribution in [-0.4, -0.2) is 17.7 Å². The number of benzene rings is 5. The number of fused-ring (bicyclic) bond motifs is 4. The molecule has 4 nitrogen and oxygen atoms in total. The topological polar surface area (TPSA) is 50.3 Å². The van der Waals surface area contributed by atoms with E-state index in [2.05, 4.69) is 6.07 Å². The Balaban J connectivity index is 1.58. The fourth-order valence-corrected chi connectivity index (χ4v) is 7.51. The quantitative estimate of drug-likeness (QED) is 0.191. The third-order valence-electron chi connectivity index (χ3n) is 7.86. The average Bonchev–Trinajstić information content (AvgIpc) is 3.43. The van der Waals surface area contributed by atoms with Gasteiger partial charge in [0.1, 0.15) is 0 Å². The molecule has 0 aliphatic carbocycles. The van der Waals surface area contributed by atoms with Crippen LogP contribution >= 0.6 is 23.2 Å². The molecule has 0 amide bonds. The molecule has 0 N–H and O–H groups in total. The van der Waals surface area contributed by atoms with Crippen molar-refractivity contribution in [3.8, 4) is 22.3 Å². The highest BCUT2D eigenvalue weighted by Gasteiger charge is 2.36. The molecule has 0 radical (unpaired) electrons. The molecule has 0 saturated heterocycles. The summed E-state index contributed by atoms with van der Waals surface area (Å²) in [5.74, 6) is 0. The number of rotatable bonds is 4. The molecule has 41 heavy (non-hydrogen) atoms. The van der Waals surface area contributed by atoms with E-state index in [9.17, 15) is 8.42 Å². The number of pyridine rings is 1. The Bertz CT molecular complexity index is 2070. The minimum atomic E-state index is -3.76. The van der Waals surface area contributed by atoms with Gasteiger partial charge >= 0.3 is 0 Å². The van der Waals surface area contributed by atoms with Gasteiger partial charge in [-0.2, -0.15) is 4.31 Å². The molecule has 5 aromatic carbocycles. The van der Waals surface area contributed by atoms with Crippen LogP contribution in [0.25, 0.3) is 43.9 Å². The summed E-state index contributed by atoms with van der Waals surface area (Å²) >= 11 is 12.6. The van der Waals surface area contributed by atoms with Crippen molar-refractivity contribution in [1.29, 1.82) is 0 Å². The van der Waals surface area contributed by atoms with Gasteiger partial charge in [-0.15, -0.1) is 0 Å². The largest absolute Gasteiger partial charge is 0.256 e. The van der Waals surface area contributed by atoms with Gasteiger partial charge in [-0.3, -0.25) is 4.98 Å². The number of para-hydroxylation sites is 1. The van der Waals surface area contributed by atoms with Gasteiger partial charge in [-0.05, 0) is 82.8 Å². The van der Waals surface area contributed by atoms with Crippen LogP contribution in [0.5, 0.6) is 0 Å². The standard InChI is InChI=1S/C34H24Cl2N2O2S/c1-21-6-16-26(17-7-21)41(39,40)38-19-29-30(20-38)33(23-10-14-25(36)15-11-23)34-27-4-2-3-5-31(27)37-18-28(34)32(29)22-8-12-24(35)13-9-22/h2-18H,19-20H2,1H3. The van der Waals surface area contributed by atoms with Gasteiger partial charge in [-0.1, -0.05) is 83.4 Å². The summed E-state index contributed by atoms with van der Waals surface area (Å²) < 4.78 is 29.5. The smallest absolute Gasteiger partial charge is 0.243 e. The Morgan fingerprint density at radius 2 is 1.24 bits per heavy atom. The van der Waals surface area contributed by atoms with Crippen molar-refractivity contribution in [2.45, 2.75) is 24.9 Å². The summed E-state index contributed by atoms with van der Waals surface area (Å²) in [4.78, 5) is 5.12. The molecule has 0 unspecified atom stereocenters. The van der Waals surface area contributed by atoms with Crippen molar-refractivity contribution in [2.24, 2.45) is 0 Å². The Morgan fingerprint density at radius 3 is 1.88 bits per heavy atom. The Kier molecular flexibility index (Phi) is 6.36. The summed E-state index contributed by atoms with van der Waals surface area (Å²) in [6, 6.07) is 30.6. The molecule has 7 rings (SSSR count). The summed E-state index contributed by atoms with van der Waals surface area (Å²) in [6.07, 6.45) is 1.92. The molecule has 7 heteroatoms. The summed E-state index contributed by atoms with van der Waals surface area (Å²) in [5, 5.41) is 4.29. The lowest BCUT2D eigenvalue weighted by Crippen LogP contribution is -2.25. The average molecular weight is 596 g/mol. The first-order valence-corrected chi connectivity index (χ1v) is 15.4. The zero-order chi connectivity index (χ0) is 28.3. The van der Waals surface area contributed by atoms with E-state index in [0.717, 1.165) is 60.6 Å². The molecular weight excluding hydrogens is 571 g/mol. The molecule has 0 fully saturated rings. The lowest BCUT2D eigenvalue weighted by Gasteiger charge is -2.20. The number of hydrogen-bond donors (Lipinski definition) is 0. The second kappa shape index (κ2) is 9.97. The summed E-state index contributed by atoms with van der Waals surface area (Å²) in [7, 11) is -3.76. The van der Waals surface area contributed by atoms with Crippen molar-refractivity contribution in [3.63, 3.8) is 0 Å². The highest BCUT2D eigenvalue weighted by atomic mass is 35.5. The minimum Gasteiger partial charge on any atom is -0.256 e. The molecule has 0 atom stereocenters. The maximum absolute atomic E-state index is 14.0. The molecule has 0 saturated carbocycles. The zero-order valence-electron chi connectivity index (χ0n) is 22.1. The molecule has 1 aromatic heterocycles. The number of aromatic nitrogens is 1. The van der Waals surface area contributed by atoms with Crippen LogP contribution in [0.15, 0.2) is 108 Å². The van der Waals surface area contributed by atoms with Gasteiger partial charge in [0, 0.05) is 45.5 Å². The van der Waals surface area contributed by atoms with Crippen LogP contribution in [-0.2, 0) is 23.1 Å². The number of halogens is 2. The first kappa shape index (κ1) is 26.2. The van der Waals surface area contributed by atoms with Gasteiger partial charge in [0.25, 0.3) is 0 Å². The number of nitrogens with zero attached hydrogens (tertiary/aromatic N) is 2.